The summed E-state index contributed by atoms with van der Waals surface area (Å²) >= 11 is 1.58. The van der Waals surface area contributed by atoms with Crippen LogP contribution in [0.4, 0.5) is 0 Å². The Balaban J connectivity index is 2.56. The van der Waals surface area contributed by atoms with Gasteiger partial charge in [0.2, 0.25) is 0 Å². The van der Waals surface area contributed by atoms with Gasteiger partial charge in [-0.2, -0.15) is 0 Å². The van der Waals surface area contributed by atoms with Crippen LogP contribution in [0, 0.1) is 13.8 Å². The summed E-state index contributed by atoms with van der Waals surface area (Å²) in [5, 5.41) is 3.08. The number of rotatable bonds is 5. The normalized spacial score (nSPS) is 10.5. The molecule has 1 rings (SSSR count). The molecule has 1 amide bonds. The molecule has 1 N–H and O–H groups in total. The average molecular weight is 240 g/mol. The Morgan fingerprint density at radius 1 is 1.50 bits per heavy atom. The molecule has 16 heavy (non-hydrogen) atoms. The highest BCUT2D eigenvalue weighted by atomic mass is 32.1. The molecule has 0 bridgehead atoms. The minimum atomic E-state index is 0.136. The van der Waals surface area contributed by atoms with E-state index in [1.54, 1.807) is 16.2 Å². The summed E-state index contributed by atoms with van der Waals surface area (Å²) in [6.45, 7) is 5.84. The maximum Gasteiger partial charge on any atom is 0.263 e. The van der Waals surface area contributed by atoms with E-state index in [1.807, 2.05) is 27.1 Å². The minimum Gasteiger partial charge on any atom is -0.341 e. The van der Waals surface area contributed by atoms with Gasteiger partial charge in [-0.05, 0) is 45.5 Å². The molecule has 0 aliphatic rings. The first kappa shape index (κ1) is 13.2. The van der Waals surface area contributed by atoms with Crippen LogP contribution in [0.3, 0.4) is 0 Å². The fourth-order valence-electron chi connectivity index (χ4n) is 1.46. The van der Waals surface area contributed by atoms with E-state index in [4.69, 9.17) is 0 Å². The number of thiophene rings is 1. The van der Waals surface area contributed by atoms with Crippen LogP contribution in [0.25, 0.3) is 0 Å². The first-order chi connectivity index (χ1) is 7.56. The lowest BCUT2D eigenvalue weighted by atomic mass is 10.2. The standard InChI is InChI=1S/C12H20N2OS/c1-9-8-11(16-10(9)2)12(15)14(4)7-5-6-13-3/h8,13H,5-7H2,1-4H3. The van der Waals surface area contributed by atoms with Gasteiger partial charge in [0.05, 0.1) is 4.88 Å². The molecule has 0 radical (unpaired) electrons. The van der Waals surface area contributed by atoms with Crippen molar-refractivity contribution < 1.29 is 4.79 Å². The molecule has 4 heteroatoms. The lowest BCUT2D eigenvalue weighted by molar-refractivity contribution is 0.0798. The monoisotopic (exact) mass is 240 g/mol. The third-order valence-electron chi connectivity index (χ3n) is 2.64. The molecule has 3 nitrogen and oxygen atoms in total. The summed E-state index contributed by atoms with van der Waals surface area (Å²) in [7, 11) is 3.79. The summed E-state index contributed by atoms with van der Waals surface area (Å²) in [4.78, 5) is 15.9. The van der Waals surface area contributed by atoms with Gasteiger partial charge in [0, 0.05) is 18.5 Å². The van der Waals surface area contributed by atoms with Gasteiger partial charge in [-0.1, -0.05) is 0 Å². The van der Waals surface area contributed by atoms with E-state index < -0.39 is 0 Å². The molecule has 90 valence electrons. The zero-order chi connectivity index (χ0) is 12.1. The molecule has 0 atom stereocenters. The Bertz CT molecular complexity index is 340. The van der Waals surface area contributed by atoms with Crippen LogP contribution < -0.4 is 5.32 Å². The highest BCUT2D eigenvalue weighted by Gasteiger charge is 2.14. The van der Waals surface area contributed by atoms with E-state index in [0.717, 1.165) is 24.4 Å². The fraction of sp³-hybridized carbons (Fsp3) is 0.583. The highest BCUT2D eigenvalue weighted by Crippen LogP contribution is 2.21. The number of amides is 1. The molecule has 0 saturated carbocycles. The van der Waals surface area contributed by atoms with Gasteiger partial charge in [-0.3, -0.25) is 4.79 Å². The Labute approximate surface area is 101 Å². The van der Waals surface area contributed by atoms with Crippen LogP contribution in [-0.2, 0) is 0 Å². The third-order valence-corrected chi connectivity index (χ3v) is 3.78. The van der Waals surface area contributed by atoms with E-state index in [0.29, 0.717) is 0 Å². The Kier molecular flexibility index (Phi) is 4.96. The predicted octanol–water partition coefficient (Wildman–Crippen LogP) is 2.05. The van der Waals surface area contributed by atoms with Gasteiger partial charge in [-0.15, -0.1) is 11.3 Å². The molecule has 0 aliphatic carbocycles. The van der Waals surface area contributed by atoms with E-state index in [1.165, 1.54) is 10.4 Å². The lowest BCUT2D eigenvalue weighted by Crippen LogP contribution is -2.28. The molecular formula is C12H20N2OS. The molecule has 1 aromatic heterocycles. The summed E-state index contributed by atoms with van der Waals surface area (Å²) in [6.07, 6.45) is 0.988. The van der Waals surface area contributed by atoms with Crippen molar-refractivity contribution in [3.8, 4) is 0 Å². The maximum absolute atomic E-state index is 12.0. The maximum atomic E-state index is 12.0. The average Bonchev–Trinajstić information content (AvgIpc) is 2.58. The second-order valence-corrected chi connectivity index (χ2v) is 5.29. The Hall–Kier alpha value is -0.870. The summed E-state index contributed by atoms with van der Waals surface area (Å²) in [6, 6.07) is 1.98. The molecule has 0 saturated heterocycles. The number of nitrogens with one attached hydrogen (secondary N) is 1. The van der Waals surface area contributed by atoms with Crippen LogP contribution in [0.2, 0.25) is 0 Å². The molecule has 0 spiro atoms. The smallest absolute Gasteiger partial charge is 0.263 e. The van der Waals surface area contributed by atoms with Gasteiger partial charge in [0.25, 0.3) is 5.91 Å². The molecule has 0 fully saturated rings. The van der Waals surface area contributed by atoms with E-state index in [9.17, 15) is 4.79 Å². The summed E-state index contributed by atoms with van der Waals surface area (Å²) in [5.41, 5.74) is 1.21. The van der Waals surface area contributed by atoms with E-state index in [-0.39, 0.29) is 5.91 Å². The lowest BCUT2D eigenvalue weighted by Gasteiger charge is -2.15. The Morgan fingerprint density at radius 3 is 2.69 bits per heavy atom. The topological polar surface area (TPSA) is 32.3 Å². The van der Waals surface area contributed by atoms with Crippen LogP contribution in [0.1, 0.15) is 26.5 Å². The minimum absolute atomic E-state index is 0.136. The van der Waals surface area contributed by atoms with Gasteiger partial charge < -0.3 is 10.2 Å². The van der Waals surface area contributed by atoms with Crippen molar-refractivity contribution in [1.29, 1.82) is 0 Å². The van der Waals surface area contributed by atoms with Gasteiger partial charge in [0.15, 0.2) is 0 Å². The summed E-state index contributed by atoms with van der Waals surface area (Å²) < 4.78 is 0. The van der Waals surface area contributed by atoms with Gasteiger partial charge in [0.1, 0.15) is 0 Å². The van der Waals surface area contributed by atoms with Crippen molar-refractivity contribution in [3.63, 3.8) is 0 Å². The van der Waals surface area contributed by atoms with Crippen LogP contribution >= 0.6 is 11.3 Å². The van der Waals surface area contributed by atoms with Crippen molar-refractivity contribution in [3.05, 3.63) is 21.4 Å². The number of nitrogens with zero attached hydrogens (tertiary/aromatic N) is 1. The van der Waals surface area contributed by atoms with Gasteiger partial charge in [-0.25, -0.2) is 0 Å². The second-order valence-electron chi connectivity index (χ2n) is 4.03. The van der Waals surface area contributed by atoms with Crippen molar-refractivity contribution in [2.75, 3.05) is 27.2 Å². The first-order valence-corrected chi connectivity index (χ1v) is 6.35. The van der Waals surface area contributed by atoms with E-state index in [2.05, 4.69) is 12.2 Å². The molecule has 0 aliphatic heterocycles. The predicted molar refractivity (Wildman–Crippen MR) is 69.3 cm³/mol. The number of carbonyl (C=O) groups is 1. The fourth-order valence-corrected chi connectivity index (χ4v) is 2.49. The number of carbonyl (C=O) groups excluding carboxylic acids is 1. The highest BCUT2D eigenvalue weighted by molar-refractivity contribution is 7.14. The largest absolute Gasteiger partial charge is 0.341 e. The van der Waals surface area contributed by atoms with Crippen molar-refractivity contribution in [1.82, 2.24) is 10.2 Å². The second kappa shape index (κ2) is 6.01. The molecule has 1 heterocycles. The molecular weight excluding hydrogens is 220 g/mol. The first-order valence-electron chi connectivity index (χ1n) is 5.53. The van der Waals surface area contributed by atoms with E-state index >= 15 is 0 Å². The van der Waals surface area contributed by atoms with Crippen LogP contribution in [0.5, 0.6) is 0 Å². The van der Waals surface area contributed by atoms with Gasteiger partial charge >= 0.3 is 0 Å². The zero-order valence-corrected chi connectivity index (χ0v) is 11.3. The molecule has 0 unspecified atom stereocenters. The number of aryl methyl sites for hydroxylation is 2. The van der Waals surface area contributed by atoms with Crippen LogP contribution in [0.15, 0.2) is 6.07 Å². The molecule has 0 aromatic carbocycles. The van der Waals surface area contributed by atoms with Crippen molar-refractivity contribution in [2.45, 2.75) is 20.3 Å². The van der Waals surface area contributed by atoms with Crippen molar-refractivity contribution in [2.24, 2.45) is 0 Å². The van der Waals surface area contributed by atoms with Crippen LogP contribution in [-0.4, -0.2) is 38.0 Å². The third kappa shape index (κ3) is 3.32. The molecule has 1 aromatic rings. The number of hydrogen-bond donors (Lipinski definition) is 1. The zero-order valence-electron chi connectivity index (χ0n) is 10.5. The summed E-state index contributed by atoms with van der Waals surface area (Å²) in [5.74, 6) is 0.136. The quantitative estimate of drug-likeness (QED) is 0.799. The Morgan fingerprint density at radius 2 is 2.19 bits per heavy atom. The van der Waals surface area contributed by atoms with Crippen molar-refractivity contribution >= 4 is 17.2 Å². The number of hydrogen-bond acceptors (Lipinski definition) is 3. The SMILES string of the molecule is CNCCCN(C)C(=O)c1cc(C)c(C)s1.